The Hall–Kier alpha value is -0.850. The van der Waals surface area contributed by atoms with Crippen LogP contribution in [0.1, 0.15) is 26.2 Å². The Balaban J connectivity index is 2.55. The Bertz CT molecular complexity index is 410. The number of rotatable bonds is 5. The molecular weight excluding hydrogens is 333 g/mol. The predicted molar refractivity (Wildman–Crippen MR) is 67.0 cm³/mol. The highest BCUT2D eigenvalue weighted by atomic mass is 79.9. The van der Waals surface area contributed by atoms with E-state index in [1.165, 1.54) is 0 Å². The van der Waals surface area contributed by atoms with E-state index < -0.39 is 24.2 Å². The predicted octanol–water partition coefficient (Wildman–Crippen LogP) is 5.26. The van der Waals surface area contributed by atoms with E-state index in [9.17, 15) is 22.0 Å². The van der Waals surface area contributed by atoms with E-state index >= 15 is 0 Å². The first-order valence-corrected chi connectivity index (χ1v) is 6.46. The van der Waals surface area contributed by atoms with Crippen LogP contribution in [0.2, 0.25) is 0 Å². The van der Waals surface area contributed by atoms with E-state index in [1.54, 1.807) is 6.92 Å². The molecular formula is C12H13BrF5N. The van der Waals surface area contributed by atoms with Crippen molar-refractivity contribution < 1.29 is 22.0 Å². The van der Waals surface area contributed by atoms with Gasteiger partial charge in [0.1, 0.15) is 11.6 Å². The molecule has 1 unspecified atom stereocenters. The molecule has 0 bridgehead atoms. The maximum absolute atomic E-state index is 13.5. The standard InChI is InChI=1S/C12H13BrF5N/c1-7(3-2-4-12(16,17)18)19-11-9(13)5-8(14)6-10(11)15/h5-7,19H,2-4H2,1H3. The highest BCUT2D eigenvalue weighted by Gasteiger charge is 2.26. The second kappa shape index (κ2) is 6.54. The SMILES string of the molecule is CC(CCCC(F)(F)F)Nc1c(F)cc(F)cc1Br. The molecule has 0 aliphatic carbocycles. The van der Waals surface area contributed by atoms with Crippen molar-refractivity contribution in [1.82, 2.24) is 0 Å². The number of anilines is 1. The molecule has 0 spiro atoms. The van der Waals surface area contributed by atoms with Crippen LogP contribution in [0.4, 0.5) is 27.6 Å². The molecule has 1 aromatic rings. The summed E-state index contributed by atoms with van der Waals surface area (Å²) in [4.78, 5) is 0. The molecule has 19 heavy (non-hydrogen) atoms. The van der Waals surface area contributed by atoms with Gasteiger partial charge in [-0.2, -0.15) is 13.2 Å². The van der Waals surface area contributed by atoms with Crippen molar-refractivity contribution in [1.29, 1.82) is 0 Å². The van der Waals surface area contributed by atoms with Gasteiger partial charge in [0.15, 0.2) is 0 Å². The number of halogens is 6. The molecule has 0 amide bonds. The molecule has 0 fully saturated rings. The molecule has 108 valence electrons. The van der Waals surface area contributed by atoms with Gasteiger partial charge in [-0.1, -0.05) is 0 Å². The van der Waals surface area contributed by atoms with Gasteiger partial charge in [-0.25, -0.2) is 8.78 Å². The number of benzene rings is 1. The molecule has 1 atom stereocenters. The first-order chi connectivity index (χ1) is 8.69. The van der Waals surface area contributed by atoms with Gasteiger partial charge in [0.05, 0.1) is 5.69 Å². The largest absolute Gasteiger partial charge is 0.389 e. The molecule has 1 rings (SSSR count). The van der Waals surface area contributed by atoms with Crippen molar-refractivity contribution in [3.8, 4) is 0 Å². The van der Waals surface area contributed by atoms with Crippen molar-refractivity contribution in [2.45, 2.75) is 38.4 Å². The Morgan fingerprint density at radius 1 is 1.26 bits per heavy atom. The average molecular weight is 346 g/mol. The fraction of sp³-hybridized carbons (Fsp3) is 0.500. The molecule has 0 saturated heterocycles. The number of alkyl halides is 3. The molecule has 1 N–H and O–H groups in total. The molecule has 0 aliphatic heterocycles. The monoisotopic (exact) mass is 345 g/mol. The van der Waals surface area contributed by atoms with Gasteiger partial charge >= 0.3 is 6.18 Å². The fourth-order valence-electron chi connectivity index (χ4n) is 1.61. The Kier molecular flexibility index (Phi) is 5.58. The number of hydrogen-bond acceptors (Lipinski definition) is 1. The first kappa shape index (κ1) is 16.2. The second-order valence-corrected chi connectivity index (χ2v) is 5.15. The second-order valence-electron chi connectivity index (χ2n) is 4.30. The third-order valence-electron chi connectivity index (χ3n) is 2.50. The highest BCUT2D eigenvalue weighted by molar-refractivity contribution is 9.10. The van der Waals surface area contributed by atoms with Crippen LogP contribution in [0.25, 0.3) is 0 Å². The molecule has 1 nitrogen and oxygen atoms in total. The molecule has 0 heterocycles. The van der Waals surface area contributed by atoms with Gasteiger partial charge in [0.2, 0.25) is 0 Å². The van der Waals surface area contributed by atoms with E-state index in [-0.39, 0.29) is 29.0 Å². The number of hydrogen-bond donors (Lipinski definition) is 1. The van der Waals surface area contributed by atoms with Crippen molar-refractivity contribution in [3.05, 3.63) is 28.2 Å². The minimum absolute atomic E-state index is 0.0436. The summed E-state index contributed by atoms with van der Waals surface area (Å²) in [6.45, 7) is 1.64. The van der Waals surface area contributed by atoms with Gasteiger partial charge in [-0.3, -0.25) is 0 Å². The lowest BCUT2D eigenvalue weighted by molar-refractivity contribution is -0.135. The van der Waals surface area contributed by atoms with E-state index in [0.717, 1.165) is 12.1 Å². The normalized spacial score (nSPS) is 13.4. The molecule has 7 heteroatoms. The summed E-state index contributed by atoms with van der Waals surface area (Å²) >= 11 is 3.00. The Labute approximate surface area is 116 Å². The lowest BCUT2D eigenvalue weighted by Gasteiger charge is -2.17. The van der Waals surface area contributed by atoms with E-state index in [0.29, 0.717) is 0 Å². The van der Waals surface area contributed by atoms with Crippen LogP contribution < -0.4 is 5.32 Å². The van der Waals surface area contributed by atoms with Crippen molar-refractivity contribution in [2.75, 3.05) is 5.32 Å². The summed E-state index contributed by atoms with van der Waals surface area (Å²) < 4.78 is 62.5. The minimum Gasteiger partial charge on any atom is -0.379 e. The van der Waals surface area contributed by atoms with Crippen molar-refractivity contribution in [3.63, 3.8) is 0 Å². The maximum atomic E-state index is 13.5. The molecule has 0 aliphatic rings. The number of nitrogens with one attached hydrogen (secondary N) is 1. The third-order valence-corrected chi connectivity index (χ3v) is 3.12. The minimum atomic E-state index is -4.18. The molecule has 1 aromatic carbocycles. The van der Waals surface area contributed by atoms with E-state index in [1.807, 2.05) is 0 Å². The summed E-state index contributed by atoms with van der Waals surface area (Å²) in [6.07, 6.45) is -4.85. The molecule has 0 aromatic heterocycles. The zero-order chi connectivity index (χ0) is 14.6. The molecule has 0 radical (unpaired) electrons. The summed E-state index contributed by atoms with van der Waals surface area (Å²) in [6, 6.07) is 1.46. The zero-order valence-electron chi connectivity index (χ0n) is 10.1. The van der Waals surface area contributed by atoms with Crippen molar-refractivity contribution in [2.24, 2.45) is 0 Å². The van der Waals surface area contributed by atoms with E-state index in [2.05, 4.69) is 21.2 Å². The Morgan fingerprint density at radius 2 is 1.89 bits per heavy atom. The summed E-state index contributed by atoms with van der Waals surface area (Å²) in [5, 5.41) is 2.74. The van der Waals surface area contributed by atoms with Crippen LogP contribution in [0.3, 0.4) is 0 Å². The van der Waals surface area contributed by atoms with Crippen molar-refractivity contribution >= 4 is 21.6 Å². The van der Waals surface area contributed by atoms with Crippen LogP contribution in [-0.2, 0) is 0 Å². The molecule has 0 saturated carbocycles. The topological polar surface area (TPSA) is 12.0 Å². The zero-order valence-corrected chi connectivity index (χ0v) is 11.7. The van der Waals surface area contributed by atoms with Crippen LogP contribution in [0.15, 0.2) is 16.6 Å². The average Bonchev–Trinajstić information content (AvgIpc) is 2.21. The first-order valence-electron chi connectivity index (χ1n) is 5.67. The quantitative estimate of drug-likeness (QED) is 0.717. The van der Waals surface area contributed by atoms with E-state index in [4.69, 9.17) is 0 Å². The summed E-state index contributed by atoms with van der Waals surface area (Å²) in [7, 11) is 0. The lowest BCUT2D eigenvalue weighted by atomic mass is 10.1. The van der Waals surface area contributed by atoms with Crippen LogP contribution in [-0.4, -0.2) is 12.2 Å². The summed E-state index contributed by atoms with van der Waals surface area (Å²) in [5.41, 5.74) is 0.0564. The van der Waals surface area contributed by atoms with Gasteiger partial charge in [-0.15, -0.1) is 0 Å². The fourth-order valence-corrected chi connectivity index (χ4v) is 2.13. The van der Waals surface area contributed by atoms with Crippen LogP contribution in [0.5, 0.6) is 0 Å². The van der Waals surface area contributed by atoms with Gasteiger partial charge in [0, 0.05) is 23.0 Å². The van der Waals surface area contributed by atoms with Gasteiger partial charge < -0.3 is 5.32 Å². The summed E-state index contributed by atoms with van der Waals surface area (Å²) in [5.74, 6) is -1.51. The Morgan fingerprint density at radius 3 is 2.42 bits per heavy atom. The third kappa shape index (κ3) is 5.76. The smallest absolute Gasteiger partial charge is 0.379 e. The van der Waals surface area contributed by atoms with Crippen LogP contribution in [0, 0.1) is 11.6 Å². The van der Waals surface area contributed by atoms with Gasteiger partial charge in [0.25, 0.3) is 0 Å². The van der Waals surface area contributed by atoms with Gasteiger partial charge in [-0.05, 0) is 41.8 Å². The lowest BCUT2D eigenvalue weighted by Crippen LogP contribution is -2.18. The van der Waals surface area contributed by atoms with Crippen LogP contribution >= 0.6 is 15.9 Å². The maximum Gasteiger partial charge on any atom is 0.389 e. The highest BCUT2D eigenvalue weighted by Crippen LogP contribution is 2.28.